The van der Waals surface area contributed by atoms with Crippen molar-refractivity contribution in [2.24, 2.45) is 0 Å². The normalized spacial score (nSPS) is 16.9. The highest BCUT2D eigenvalue weighted by Crippen LogP contribution is 2.37. The van der Waals surface area contributed by atoms with Gasteiger partial charge in [-0.1, -0.05) is 29.8 Å². The van der Waals surface area contributed by atoms with Crippen LogP contribution in [0.2, 0.25) is 5.02 Å². The molecule has 24 heavy (non-hydrogen) atoms. The molecular weight excluding hydrogens is 324 g/mol. The van der Waals surface area contributed by atoms with Crippen LogP contribution in [0.1, 0.15) is 16.7 Å². The quantitative estimate of drug-likeness (QED) is 0.912. The van der Waals surface area contributed by atoms with Gasteiger partial charge >= 0.3 is 0 Å². The van der Waals surface area contributed by atoms with Gasteiger partial charge in [-0.25, -0.2) is 0 Å². The fourth-order valence-electron chi connectivity index (χ4n) is 3.34. The van der Waals surface area contributed by atoms with Gasteiger partial charge in [-0.2, -0.15) is 0 Å². The predicted molar refractivity (Wildman–Crippen MR) is 94.9 cm³/mol. The van der Waals surface area contributed by atoms with Crippen molar-refractivity contribution < 1.29 is 9.53 Å². The van der Waals surface area contributed by atoms with Gasteiger partial charge in [0, 0.05) is 5.02 Å². The monoisotopic (exact) mass is 342 g/mol. The highest BCUT2D eigenvalue weighted by Gasteiger charge is 2.27. The molecule has 0 fully saturated rings. The summed E-state index contributed by atoms with van der Waals surface area (Å²) in [6.45, 7) is 2.49. The molecule has 4 rings (SSSR count). The summed E-state index contributed by atoms with van der Waals surface area (Å²) in [5.41, 5.74) is 4.40. The van der Waals surface area contributed by atoms with E-state index in [1.165, 1.54) is 11.1 Å². The molecule has 0 atom stereocenters. The molecule has 0 aromatic heterocycles. The summed E-state index contributed by atoms with van der Waals surface area (Å²) in [5, 5.41) is 4.09. The molecule has 0 unspecified atom stereocenters. The number of anilines is 1. The second-order valence-corrected chi connectivity index (χ2v) is 6.61. The second kappa shape index (κ2) is 6.46. The van der Waals surface area contributed by atoms with Crippen LogP contribution in [0, 0.1) is 0 Å². The lowest BCUT2D eigenvalue weighted by Crippen LogP contribution is -2.38. The van der Waals surface area contributed by atoms with Crippen LogP contribution in [-0.4, -0.2) is 25.6 Å². The Morgan fingerprint density at radius 1 is 1.12 bits per heavy atom. The van der Waals surface area contributed by atoms with E-state index in [1.807, 2.05) is 24.3 Å². The Bertz CT molecular complexity index is 791. The summed E-state index contributed by atoms with van der Waals surface area (Å²) in [6, 6.07) is 11.9. The molecule has 5 heteroatoms. The van der Waals surface area contributed by atoms with Crippen LogP contribution in [0.4, 0.5) is 5.69 Å². The van der Waals surface area contributed by atoms with E-state index >= 15 is 0 Å². The first-order chi connectivity index (χ1) is 11.7. The van der Waals surface area contributed by atoms with Crippen LogP contribution in [0.3, 0.4) is 0 Å². The van der Waals surface area contributed by atoms with Gasteiger partial charge in [0.25, 0.3) is 5.91 Å². The van der Waals surface area contributed by atoms with Gasteiger partial charge in [-0.15, -0.1) is 0 Å². The third-order valence-electron chi connectivity index (χ3n) is 4.65. The number of rotatable bonds is 2. The molecule has 1 amide bonds. The van der Waals surface area contributed by atoms with Crippen molar-refractivity contribution in [2.45, 2.75) is 19.4 Å². The number of benzene rings is 2. The minimum atomic E-state index is -0.0332. The average molecular weight is 343 g/mol. The SMILES string of the molecule is O=C1COc2cc3c(cc2N1Cc1ccccc1Cl)CCNCC3. The maximum absolute atomic E-state index is 12.5. The maximum atomic E-state index is 12.5. The maximum Gasteiger partial charge on any atom is 0.265 e. The summed E-state index contributed by atoms with van der Waals surface area (Å²) in [6.07, 6.45) is 1.96. The molecule has 2 aliphatic rings. The molecule has 1 N–H and O–H groups in total. The van der Waals surface area contributed by atoms with Crippen LogP contribution in [0.5, 0.6) is 5.75 Å². The zero-order chi connectivity index (χ0) is 16.5. The van der Waals surface area contributed by atoms with E-state index < -0.39 is 0 Å². The molecule has 2 aromatic carbocycles. The zero-order valence-electron chi connectivity index (χ0n) is 13.3. The van der Waals surface area contributed by atoms with E-state index in [-0.39, 0.29) is 12.5 Å². The lowest BCUT2D eigenvalue weighted by atomic mass is 10.00. The minimum absolute atomic E-state index is 0.0332. The Morgan fingerprint density at radius 2 is 1.88 bits per heavy atom. The molecular formula is C19H19ClN2O2. The van der Waals surface area contributed by atoms with E-state index in [0.29, 0.717) is 11.6 Å². The van der Waals surface area contributed by atoms with Crippen molar-refractivity contribution in [1.29, 1.82) is 0 Å². The molecule has 2 aromatic rings. The van der Waals surface area contributed by atoms with Crippen molar-refractivity contribution in [3.8, 4) is 5.75 Å². The van der Waals surface area contributed by atoms with E-state index in [1.54, 1.807) is 4.90 Å². The predicted octanol–water partition coefficient (Wildman–Crippen LogP) is 2.95. The summed E-state index contributed by atoms with van der Waals surface area (Å²) in [4.78, 5) is 14.2. The van der Waals surface area contributed by atoms with E-state index in [9.17, 15) is 4.79 Å². The summed E-state index contributed by atoms with van der Waals surface area (Å²) in [5.74, 6) is 0.761. The van der Waals surface area contributed by atoms with E-state index in [2.05, 4.69) is 17.4 Å². The number of carbonyl (C=O) groups is 1. The number of carbonyl (C=O) groups excluding carboxylic acids is 1. The zero-order valence-corrected chi connectivity index (χ0v) is 14.1. The van der Waals surface area contributed by atoms with Crippen LogP contribution in [-0.2, 0) is 24.2 Å². The number of hydrogen-bond donors (Lipinski definition) is 1. The summed E-state index contributed by atoms with van der Waals surface area (Å²) < 4.78 is 5.70. The van der Waals surface area contributed by atoms with Crippen molar-refractivity contribution in [3.05, 3.63) is 58.1 Å². The molecule has 0 aliphatic carbocycles. The first-order valence-electron chi connectivity index (χ1n) is 8.25. The summed E-state index contributed by atoms with van der Waals surface area (Å²) in [7, 11) is 0. The number of ether oxygens (including phenoxy) is 1. The van der Waals surface area contributed by atoms with Gasteiger partial charge in [0.1, 0.15) is 5.75 Å². The smallest absolute Gasteiger partial charge is 0.265 e. The van der Waals surface area contributed by atoms with Crippen LogP contribution in [0.25, 0.3) is 0 Å². The first-order valence-corrected chi connectivity index (χ1v) is 8.63. The third-order valence-corrected chi connectivity index (χ3v) is 5.02. The summed E-state index contributed by atoms with van der Waals surface area (Å²) >= 11 is 6.28. The Labute approximate surface area is 146 Å². The average Bonchev–Trinajstić information content (AvgIpc) is 2.82. The largest absolute Gasteiger partial charge is 0.482 e. The highest BCUT2D eigenvalue weighted by molar-refractivity contribution is 6.31. The molecule has 0 bridgehead atoms. The molecule has 2 aliphatic heterocycles. The molecule has 0 saturated carbocycles. The Morgan fingerprint density at radius 3 is 2.67 bits per heavy atom. The molecule has 124 valence electrons. The van der Waals surface area contributed by atoms with Crippen molar-refractivity contribution in [1.82, 2.24) is 5.32 Å². The van der Waals surface area contributed by atoms with Gasteiger partial charge in [-0.3, -0.25) is 4.79 Å². The van der Waals surface area contributed by atoms with Crippen molar-refractivity contribution >= 4 is 23.2 Å². The Hall–Kier alpha value is -2.04. The molecule has 0 radical (unpaired) electrons. The number of halogens is 1. The van der Waals surface area contributed by atoms with Crippen LogP contribution >= 0.6 is 11.6 Å². The number of amides is 1. The lowest BCUT2D eigenvalue weighted by molar-refractivity contribution is -0.121. The van der Waals surface area contributed by atoms with Crippen molar-refractivity contribution in [2.75, 3.05) is 24.6 Å². The van der Waals surface area contributed by atoms with Gasteiger partial charge < -0.3 is 15.0 Å². The molecule has 0 saturated heterocycles. The number of nitrogens with zero attached hydrogens (tertiary/aromatic N) is 1. The number of fused-ring (bicyclic) bond motifs is 2. The van der Waals surface area contributed by atoms with Gasteiger partial charge in [-0.05, 0) is 60.8 Å². The fraction of sp³-hybridized carbons (Fsp3) is 0.316. The third kappa shape index (κ3) is 2.87. The Balaban J connectivity index is 1.73. The highest BCUT2D eigenvalue weighted by atomic mass is 35.5. The fourth-order valence-corrected chi connectivity index (χ4v) is 3.53. The molecule has 0 spiro atoms. The Kier molecular flexibility index (Phi) is 4.17. The van der Waals surface area contributed by atoms with Gasteiger partial charge in [0.15, 0.2) is 6.61 Å². The topological polar surface area (TPSA) is 41.6 Å². The van der Waals surface area contributed by atoms with Crippen LogP contribution in [0.15, 0.2) is 36.4 Å². The standard InChI is InChI=1S/C19H19ClN2O2/c20-16-4-2-1-3-15(16)11-22-17-9-13-5-7-21-8-6-14(13)10-18(17)24-12-19(22)23/h1-4,9-10,21H,5-8,11-12H2. The first kappa shape index (κ1) is 15.5. The second-order valence-electron chi connectivity index (χ2n) is 6.20. The minimum Gasteiger partial charge on any atom is -0.482 e. The van der Waals surface area contributed by atoms with Crippen LogP contribution < -0.4 is 15.0 Å². The van der Waals surface area contributed by atoms with Gasteiger partial charge in [0.05, 0.1) is 12.2 Å². The lowest BCUT2D eigenvalue weighted by Gasteiger charge is -2.31. The number of nitrogens with one attached hydrogen (secondary N) is 1. The van der Waals surface area contributed by atoms with Gasteiger partial charge in [0.2, 0.25) is 0 Å². The van der Waals surface area contributed by atoms with E-state index in [0.717, 1.165) is 42.9 Å². The van der Waals surface area contributed by atoms with E-state index in [4.69, 9.17) is 16.3 Å². The molecule has 2 heterocycles. The number of hydrogen-bond acceptors (Lipinski definition) is 3. The van der Waals surface area contributed by atoms with Crippen molar-refractivity contribution in [3.63, 3.8) is 0 Å². The molecule has 4 nitrogen and oxygen atoms in total.